The Morgan fingerprint density at radius 3 is 2.62 bits per heavy atom. The highest BCUT2D eigenvalue weighted by atomic mass is 32.2. The van der Waals surface area contributed by atoms with Crippen LogP contribution < -0.4 is 5.73 Å². The van der Waals surface area contributed by atoms with Crippen LogP contribution in [0.2, 0.25) is 0 Å². The molecule has 2 rings (SSSR count). The van der Waals surface area contributed by atoms with Crippen LogP contribution in [-0.2, 0) is 9.84 Å². The summed E-state index contributed by atoms with van der Waals surface area (Å²) in [5, 5.41) is 0. The largest absolute Gasteiger partial charge is 0.398 e. The zero-order chi connectivity index (χ0) is 11.8. The molecule has 0 spiro atoms. The maximum Gasteiger partial charge on any atom is 0.182 e. The molecule has 5 nitrogen and oxygen atoms in total. The second kappa shape index (κ2) is 3.71. The lowest BCUT2D eigenvalue weighted by molar-refractivity contribution is 0.598. The molecule has 0 radical (unpaired) electrons. The fourth-order valence-electron chi connectivity index (χ4n) is 1.50. The average molecular weight is 237 g/mol. The SMILES string of the molecule is CCS(=O)(=O)c1c(N)ccc2nccnc12. The quantitative estimate of drug-likeness (QED) is 0.787. The fourth-order valence-corrected chi connectivity index (χ4v) is 2.67. The van der Waals surface area contributed by atoms with Crippen LogP contribution in [0, 0.1) is 0 Å². The van der Waals surface area contributed by atoms with Gasteiger partial charge >= 0.3 is 0 Å². The number of nitrogen functional groups attached to an aromatic ring is 1. The third-order valence-electron chi connectivity index (χ3n) is 2.32. The second-order valence-corrected chi connectivity index (χ2v) is 5.53. The molecule has 0 saturated heterocycles. The molecule has 1 aromatic heterocycles. The Labute approximate surface area is 93.2 Å². The molecule has 2 N–H and O–H groups in total. The predicted octanol–water partition coefficient (Wildman–Crippen LogP) is 1.01. The molecule has 0 aliphatic heterocycles. The summed E-state index contributed by atoms with van der Waals surface area (Å²) in [5.74, 6) is -0.00706. The van der Waals surface area contributed by atoms with Gasteiger partial charge in [0.2, 0.25) is 0 Å². The van der Waals surface area contributed by atoms with Crippen molar-refractivity contribution in [3.8, 4) is 0 Å². The Kier molecular flexibility index (Phi) is 2.51. The van der Waals surface area contributed by atoms with Gasteiger partial charge in [-0.25, -0.2) is 8.42 Å². The highest BCUT2D eigenvalue weighted by Gasteiger charge is 2.20. The van der Waals surface area contributed by atoms with E-state index in [-0.39, 0.29) is 16.3 Å². The molecule has 6 heteroatoms. The van der Waals surface area contributed by atoms with Gasteiger partial charge in [-0.15, -0.1) is 0 Å². The van der Waals surface area contributed by atoms with Crippen molar-refractivity contribution in [2.75, 3.05) is 11.5 Å². The monoisotopic (exact) mass is 237 g/mol. The van der Waals surface area contributed by atoms with E-state index in [0.717, 1.165) is 0 Å². The van der Waals surface area contributed by atoms with Gasteiger partial charge in [-0.2, -0.15) is 0 Å². The Morgan fingerprint density at radius 2 is 1.94 bits per heavy atom. The lowest BCUT2D eigenvalue weighted by Gasteiger charge is -2.07. The summed E-state index contributed by atoms with van der Waals surface area (Å²) in [7, 11) is -3.38. The standard InChI is InChI=1S/C10H11N3O2S/c1-2-16(14,15)10-7(11)3-4-8-9(10)13-6-5-12-8/h3-6H,2,11H2,1H3. The zero-order valence-electron chi connectivity index (χ0n) is 8.71. The van der Waals surface area contributed by atoms with Crippen LogP contribution in [0.15, 0.2) is 29.4 Å². The molecule has 0 fully saturated rings. The van der Waals surface area contributed by atoms with E-state index in [0.29, 0.717) is 11.0 Å². The molecule has 16 heavy (non-hydrogen) atoms. The minimum absolute atomic E-state index is 0.00706. The van der Waals surface area contributed by atoms with Crippen LogP contribution in [0.4, 0.5) is 5.69 Å². The first-order valence-corrected chi connectivity index (χ1v) is 6.43. The van der Waals surface area contributed by atoms with Crippen LogP contribution in [-0.4, -0.2) is 24.1 Å². The number of aromatic nitrogens is 2. The topological polar surface area (TPSA) is 85.9 Å². The number of hydrogen-bond donors (Lipinski definition) is 1. The molecule has 0 atom stereocenters. The third kappa shape index (κ3) is 1.61. The molecule has 0 aliphatic rings. The molecule has 0 amide bonds. The Hall–Kier alpha value is -1.69. The normalized spacial score (nSPS) is 11.8. The van der Waals surface area contributed by atoms with E-state index in [9.17, 15) is 8.42 Å². The summed E-state index contributed by atoms with van der Waals surface area (Å²) in [6, 6.07) is 3.20. The van der Waals surface area contributed by atoms with E-state index in [1.165, 1.54) is 12.4 Å². The van der Waals surface area contributed by atoms with Crippen molar-refractivity contribution in [3.63, 3.8) is 0 Å². The lowest BCUT2D eigenvalue weighted by atomic mass is 10.2. The molecule has 1 aromatic carbocycles. The number of fused-ring (bicyclic) bond motifs is 1. The van der Waals surface area contributed by atoms with Gasteiger partial charge in [0, 0.05) is 12.4 Å². The first-order valence-electron chi connectivity index (χ1n) is 4.78. The number of benzene rings is 1. The third-order valence-corrected chi connectivity index (χ3v) is 4.13. The van der Waals surface area contributed by atoms with Crippen molar-refractivity contribution in [2.24, 2.45) is 0 Å². The molecule has 1 heterocycles. The Balaban J connectivity index is 2.92. The summed E-state index contributed by atoms with van der Waals surface area (Å²) >= 11 is 0. The number of anilines is 1. The van der Waals surface area contributed by atoms with Crippen molar-refractivity contribution in [2.45, 2.75) is 11.8 Å². The Morgan fingerprint density at radius 1 is 1.25 bits per heavy atom. The summed E-state index contributed by atoms with van der Waals surface area (Å²) in [4.78, 5) is 8.17. The van der Waals surface area contributed by atoms with Gasteiger partial charge in [0.25, 0.3) is 0 Å². The highest BCUT2D eigenvalue weighted by Crippen LogP contribution is 2.26. The molecule has 84 valence electrons. The zero-order valence-corrected chi connectivity index (χ0v) is 9.53. The van der Waals surface area contributed by atoms with Crippen LogP contribution in [0.5, 0.6) is 0 Å². The van der Waals surface area contributed by atoms with Crippen molar-refractivity contribution >= 4 is 26.6 Å². The molecule has 0 aliphatic carbocycles. The van der Waals surface area contributed by atoms with Crippen molar-refractivity contribution < 1.29 is 8.42 Å². The summed E-state index contributed by atoms with van der Waals surface area (Å²) in [6.45, 7) is 1.57. The van der Waals surface area contributed by atoms with Gasteiger partial charge in [-0.05, 0) is 12.1 Å². The van der Waals surface area contributed by atoms with Crippen molar-refractivity contribution in [3.05, 3.63) is 24.5 Å². The average Bonchev–Trinajstić information content (AvgIpc) is 2.28. The summed E-state index contributed by atoms with van der Waals surface area (Å²) < 4.78 is 23.8. The molecular weight excluding hydrogens is 226 g/mol. The van der Waals surface area contributed by atoms with E-state index in [4.69, 9.17) is 5.73 Å². The van der Waals surface area contributed by atoms with E-state index in [1.807, 2.05) is 0 Å². The van der Waals surface area contributed by atoms with Crippen LogP contribution in [0.25, 0.3) is 11.0 Å². The lowest BCUT2D eigenvalue weighted by Crippen LogP contribution is -2.08. The smallest absolute Gasteiger partial charge is 0.182 e. The van der Waals surface area contributed by atoms with Crippen molar-refractivity contribution in [1.29, 1.82) is 0 Å². The molecule has 0 saturated carbocycles. The van der Waals surface area contributed by atoms with Gasteiger partial charge in [-0.3, -0.25) is 9.97 Å². The number of nitrogens with two attached hydrogens (primary N) is 1. The molecule has 0 bridgehead atoms. The number of hydrogen-bond acceptors (Lipinski definition) is 5. The van der Waals surface area contributed by atoms with Crippen molar-refractivity contribution in [1.82, 2.24) is 9.97 Å². The van der Waals surface area contributed by atoms with Gasteiger partial charge in [0.05, 0.1) is 17.0 Å². The summed E-state index contributed by atoms with van der Waals surface area (Å²) in [5.41, 5.74) is 6.79. The van der Waals surface area contributed by atoms with Gasteiger partial charge in [0.15, 0.2) is 9.84 Å². The minimum Gasteiger partial charge on any atom is -0.398 e. The van der Waals surface area contributed by atoms with Gasteiger partial charge < -0.3 is 5.73 Å². The van der Waals surface area contributed by atoms with E-state index >= 15 is 0 Å². The second-order valence-electron chi connectivity index (χ2n) is 3.31. The van der Waals surface area contributed by atoms with Gasteiger partial charge in [-0.1, -0.05) is 6.92 Å². The van der Waals surface area contributed by atoms with E-state index in [1.54, 1.807) is 19.1 Å². The maximum absolute atomic E-state index is 11.9. The van der Waals surface area contributed by atoms with E-state index < -0.39 is 9.84 Å². The van der Waals surface area contributed by atoms with Crippen LogP contribution in [0.1, 0.15) is 6.92 Å². The van der Waals surface area contributed by atoms with Crippen LogP contribution >= 0.6 is 0 Å². The maximum atomic E-state index is 11.9. The molecule has 2 aromatic rings. The predicted molar refractivity (Wildman–Crippen MR) is 61.7 cm³/mol. The number of rotatable bonds is 2. The molecule has 0 unspecified atom stereocenters. The van der Waals surface area contributed by atoms with E-state index in [2.05, 4.69) is 9.97 Å². The molecular formula is C10H11N3O2S. The van der Waals surface area contributed by atoms with Gasteiger partial charge in [0.1, 0.15) is 10.4 Å². The van der Waals surface area contributed by atoms with Crippen LogP contribution in [0.3, 0.4) is 0 Å². The first-order chi connectivity index (χ1) is 7.56. The Bertz CT molecular complexity index is 638. The first kappa shape index (κ1) is 10.8. The minimum atomic E-state index is -3.38. The summed E-state index contributed by atoms with van der Waals surface area (Å²) in [6.07, 6.45) is 2.97. The number of sulfone groups is 1. The highest BCUT2D eigenvalue weighted by molar-refractivity contribution is 7.91. The number of nitrogens with zero attached hydrogens (tertiary/aromatic N) is 2. The fraction of sp³-hybridized carbons (Fsp3) is 0.200.